The summed E-state index contributed by atoms with van der Waals surface area (Å²) in [6, 6.07) is 7.41. The molecule has 0 aromatic heterocycles. The molecule has 0 heterocycles. The normalized spacial score (nSPS) is 10.4. The molecule has 0 aliphatic rings. The van der Waals surface area contributed by atoms with E-state index in [1.54, 1.807) is 12.1 Å². The fraction of sp³-hybridized carbons (Fsp3) is 0.308. The third kappa shape index (κ3) is 10.2. The molecule has 0 bridgehead atoms. The SMILES string of the molecule is C=CCOC(=O)Oc1ccc([S+](C)C)cc1.COS(=O)(=O)O. The molecule has 0 aliphatic heterocycles. The summed E-state index contributed by atoms with van der Waals surface area (Å²) in [5, 5.41) is 0. The van der Waals surface area contributed by atoms with Crippen LogP contribution in [0.3, 0.4) is 0 Å². The van der Waals surface area contributed by atoms with Gasteiger partial charge in [0.15, 0.2) is 4.90 Å². The maximum Gasteiger partial charge on any atom is 0.514 e. The topological polar surface area (TPSA) is 99.1 Å². The van der Waals surface area contributed by atoms with Gasteiger partial charge in [0.05, 0.1) is 7.11 Å². The monoisotopic (exact) mass is 351 g/mol. The van der Waals surface area contributed by atoms with Crippen molar-refractivity contribution in [3.8, 4) is 5.75 Å². The molecule has 0 spiro atoms. The van der Waals surface area contributed by atoms with Crippen molar-refractivity contribution in [2.45, 2.75) is 4.90 Å². The molecule has 9 heteroatoms. The first-order chi connectivity index (χ1) is 10.2. The number of rotatable bonds is 5. The van der Waals surface area contributed by atoms with E-state index in [0.29, 0.717) is 5.75 Å². The molecule has 1 aromatic rings. The predicted octanol–water partition coefficient (Wildman–Crippen LogP) is 2.06. The van der Waals surface area contributed by atoms with E-state index in [2.05, 4.69) is 23.3 Å². The van der Waals surface area contributed by atoms with Crippen LogP contribution in [0.5, 0.6) is 5.75 Å². The van der Waals surface area contributed by atoms with Crippen molar-refractivity contribution in [3.05, 3.63) is 36.9 Å². The van der Waals surface area contributed by atoms with Gasteiger partial charge >= 0.3 is 16.6 Å². The summed E-state index contributed by atoms with van der Waals surface area (Å²) in [4.78, 5) is 12.3. The fourth-order valence-electron chi connectivity index (χ4n) is 1.03. The summed E-state index contributed by atoms with van der Waals surface area (Å²) in [5.74, 6) is 0.489. The van der Waals surface area contributed by atoms with Gasteiger partial charge in [-0.05, 0) is 24.3 Å². The molecule has 0 saturated carbocycles. The van der Waals surface area contributed by atoms with Gasteiger partial charge < -0.3 is 9.47 Å². The lowest BCUT2D eigenvalue weighted by Crippen LogP contribution is -2.10. The third-order valence-corrected chi connectivity index (χ3v) is 3.66. The molecule has 0 radical (unpaired) electrons. The van der Waals surface area contributed by atoms with Crippen LogP contribution in [-0.2, 0) is 30.2 Å². The molecule has 124 valence electrons. The molecule has 0 amide bonds. The first-order valence-corrected chi connectivity index (χ1v) is 9.26. The van der Waals surface area contributed by atoms with E-state index in [9.17, 15) is 13.2 Å². The Morgan fingerprint density at radius 2 is 1.82 bits per heavy atom. The van der Waals surface area contributed by atoms with Gasteiger partial charge in [-0.15, -0.1) is 0 Å². The molecule has 0 atom stereocenters. The summed E-state index contributed by atoms with van der Waals surface area (Å²) in [7, 11) is -3.08. The number of carbonyl (C=O) groups is 1. The highest BCUT2D eigenvalue weighted by Crippen LogP contribution is 2.16. The Bertz CT molecular complexity index is 565. The van der Waals surface area contributed by atoms with Crippen LogP contribution in [0.4, 0.5) is 4.79 Å². The highest BCUT2D eigenvalue weighted by atomic mass is 32.3. The van der Waals surface area contributed by atoms with Gasteiger partial charge in [-0.1, -0.05) is 12.7 Å². The van der Waals surface area contributed by atoms with Crippen molar-refractivity contribution in [3.63, 3.8) is 0 Å². The molecule has 0 aliphatic carbocycles. The average molecular weight is 351 g/mol. The Morgan fingerprint density at radius 3 is 2.18 bits per heavy atom. The van der Waals surface area contributed by atoms with Gasteiger partial charge in [0.25, 0.3) is 0 Å². The highest BCUT2D eigenvalue weighted by Gasteiger charge is 2.09. The van der Waals surface area contributed by atoms with Crippen molar-refractivity contribution in [2.24, 2.45) is 0 Å². The van der Waals surface area contributed by atoms with Gasteiger partial charge in [0.1, 0.15) is 24.9 Å². The molecular weight excluding hydrogens is 332 g/mol. The Balaban J connectivity index is 0.000000626. The van der Waals surface area contributed by atoms with Gasteiger partial charge in [-0.25, -0.2) is 4.79 Å². The van der Waals surface area contributed by atoms with Crippen LogP contribution in [-0.4, -0.2) is 45.4 Å². The summed E-state index contributed by atoms with van der Waals surface area (Å²) < 4.78 is 39.3. The Hall–Kier alpha value is -1.55. The Labute approximate surface area is 133 Å². The number of ether oxygens (including phenoxy) is 2. The number of benzene rings is 1. The van der Waals surface area contributed by atoms with Crippen molar-refractivity contribution in [1.82, 2.24) is 0 Å². The molecule has 1 N–H and O–H groups in total. The Kier molecular flexibility index (Phi) is 9.50. The molecule has 1 aromatic carbocycles. The van der Waals surface area contributed by atoms with E-state index in [-0.39, 0.29) is 17.5 Å². The quantitative estimate of drug-likeness (QED) is 0.285. The van der Waals surface area contributed by atoms with Crippen LogP contribution in [0.15, 0.2) is 41.8 Å². The maximum absolute atomic E-state index is 11.1. The first-order valence-electron chi connectivity index (χ1n) is 5.85. The first kappa shape index (κ1) is 20.5. The molecule has 22 heavy (non-hydrogen) atoms. The number of hydrogen-bond acceptors (Lipinski definition) is 6. The lowest BCUT2D eigenvalue weighted by atomic mass is 10.3. The summed E-state index contributed by atoms with van der Waals surface area (Å²) >= 11 is 0. The molecule has 7 nitrogen and oxygen atoms in total. The Morgan fingerprint density at radius 1 is 1.32 bits per heavy atom. The smallest absolute Gasteiger partial charge is 0.430 e. The molecule has 0 fully saturated rings. The predicted molar refractivity (Wildman–Crippen MR) is 84.7 cm³/mol. The maximum atomic E-state index is 11.1. The van der Waals surface area contributed by atoms with Crippen molar-refractivity contribution < 1.29 is 31.4 Å². The van der Waals surface area contributed by atoms with Crippen LogP contribution < -0.4 is 4.74 Å². The van der Waals surface area contributed by atoms with Crippen molar-refractivity contribution in [2.75, 3.05) is 26.2 Å². The van der Waals surface area contributed by atoms with Gasteiger partial charge in [0.2, 0.25) is 0 Å². The van der Waals surface area contributed by atoms with Gasteiger partial charge in [-0.3, -0.25) is 8.74 Å². The van der Waals surface area contributed by atoms with E-state index in [0.717, 1.165) is 7.11 Å². The van der Waals surface area contributed by atoms with Gasteiger partial charge in [0, 0.05) is 10.9 Å². The second-order valence-electron chi connectivity index (χ2n) is 3.83. The molecular formula is C13H19O7S2+. The zero-order valence-electron chi connectivity index (χ0n) is 12.5. The van der Waals surface area contributed by atoms with E-state index < -0.39 is 16.6 Å². The molecule has 0 unspecified atom stereocenters. The number of hydrogen-bond donors (Lipinski definition) is 1. The second kappa shape index (κ2) is 10.2. The minimum absolute atomic E-state index is 0.157. The van der Waals surface area contributed by atoms with E-state index >= 15 is 0 Å². The lowest BCUT2D eigenvalue weighted by molar-refractivity contribution is 0.109. The van der Waals surface area contributed by atoms with Crippen LogP contribution in [0.2, 0.25) is 0 Å². The summed E-state index contributed by atoms with van der Waals surface area (Å²) in [6.45, 7) is 3.60. The number of carbonyl (C=O) groups excluding carboxylic acids is 1. The molecule has 0 saturated heterocycles. The summed E-state index contributed by atoms with van der Waals surface area (Å²) in [6.07, 6.45) is 5.05. The van der Waals surface area contributed by atoms with E-state index in [1.807, 2.05) is 12.1 Å². The average Bonchev–Trinajstić information content (AvgIpc) is 2.45. The minimum Gasteiger partial charge on any atom is -0.430 e. The second-order valence-corrected chi connectivity index (χ2v) is 7.13. The standard InChI is InChI=1S/C12H15O3S.CH4O4S/c1-4-9-14-12(13)15-10-5-7-11(8-6-10)16(2)3;1-5-6(2,3)4/h4-8H,1,9H2,2-3H3;1H3,(H,2,3,4)/q+1;. The van der Waals surface area contributed by atoms with E-state index in [4.69, 9.17) is 14.0 Å². The van der Waals surface area contributed by atoms with Crippen LogP contribution >= 0.6 is 0 Å². The third-order valence-electron chi connectivity index (χ3n) is 2.03. The lowest BCUT2D eigenvalue weighted by Gasteiger charge is -2.04. The summed E-state index contributed by atoms with van der Waals surface area (Å²) in [5.41, 5.74) is 0. The minimum atomic E-state index is -4.16. The van der Waals surface area contributed by atoms with Crippen LogP contribution in [0, 0.1) is 0 Å². The fourth-order valence-corrected chi connectivity index (χ4v) is 1.71. The zero-order valence-corrected chi connectivity index (χ0v) is 14.1. The van der Waals surface area contributed by atoms with E-state index in [1.165, 1.54) is 11.0 Å². The van der Waals surface area contributed by atoms with Crippen LogP contribution in [0.25, 0.3) is 0 Å². The van der Waals surface area contributed by atoms with Crippen molar-refractivity contribution in [1.29, 1.82) is 0 Å². The zero-order chi connectivity index (χ0) is 17.2. The van der Waals surface area contributed by atoms with Gasteiger partial charge in [-0.2, -0.15) is 8.42 Å². The van der Waals surface area contributed by atoms with Crippen molar-refractivity contribution >= 4 is 27.4 Å². The highest BCUT2D eigenvalue weighted by molar-refractivity contribution is 7.95. The molecule has 1 rings (SSSR count). The largest absolute Gasteiger partial charge is 0.514 e. The van der Waals surface area contributed by atoms with Crippen LogP contribution in [0.1, 0.15) is 0 Å².